The summed E-state index contributed by atoms with van der Waals surface area (Å²) >= 11 is 0. The fourth-order valence-electron chi connectivity index (χ4n) is 4.05. The molecule has 0 unspecified atom stereocenters. The first-order valence-corrected chi connectivity index (χ1v) is 13.8. The molecule has 1 atom stereocenters. The number of carbonyl (C=O) groups is 2. The minimum Gasteiger partial charge on any atom is -0.352 e. The normalized spacial score (nSPS) is 12.1. The molecule has 196 valence electrons. The van der Waals surface area contributed by atoms with Crippen LogP contribution in [0.25, 0.3) is 0 Å². The van der Waals surface area contributed by atoms with Gasteiger partial charge in [0.15, 0.2) is 0 Å². The van der Waals surface area contributed by atoms with Gasteiger partial charge in [0.1, 0.15) is 12.6 Å². The lowest BCUT2D eigenvalue weighted by Crippen LogP contribution is -2.53. The largest absolute Gasteiger partial charge is 0.352 e. The van der Waals surface area contributed by atoms with Gasteiger partial charge in [-0.2, -0.15) is 0 Å². The molecule has 7 nitrogen and oxygen atoms in total. The zero-order valence-electron chi connectivity index (χ0n) is 21.8. The Balaban J connectivity index is 1.97. The van der Waals surface area contributed by atoms with E-state index in [1.54, 1.807) is 50.2 Å². The van der Waals surface area contributed by atoms with Crippen molar-refractivity contribution in [3.63, 3.8) is 0 Å². The van der Waals surface area contributed by atoms with Gasteiger partial charge in [-0.25, -0.2) is 8.42 Å². The number of hydrogen-bond acceptors (Lipinski definition) is 4. The third-order valence-corrected chi connectivity index (χ3v) is 7.85. The van der Waals surface area contributed by atoms with Crippen LogP contribution in [-0.4, -0.2) is 50.3 Å². The second-order valence-corrected chi connectivity index (χ2v) is 11.1. The van der Waals surface area contributed by atoms with Crippen molar-refractivity contribution in [3.8, 4) is 0 Å². The van der Waals surface area contributed by atoms with E-state index in [2.05, 4.69) is 5.32 Å². The van der Waals surface area contributed by atoms with Crippen LogP contribution in [0.5, 0.6) is 0 Å². The molecule has 8 heteroatoms. The quantitative estimate of drug-likeness (QED) is 0.410. The molecule has 3 rings (SSSR count). The van der Waals surface area contributed by atoms with E-state index in [1.807, 2.05) is 50.2 Å². The Hall–Kier alpha value is -3.65. The summed E-state index contributed by atoms with van der Waals surface area (Å²) in [5.41, 5.74) is 2.16. The Morgan fingerprint density at radius 2 is 1.41 bits per heavy atom. The van der Waals surface area contributed by atoms with Gasteiger partial charge in [-0.1, -0.05) is 66.7 Å². The van der Waals surface area contributed by atoms with Crippen molar-refractivity contribution in [2.45, 2.75) is 51.1 Å². The predicted octanol–water partition coefficient (Wildman–Crippen LogP) is 4.17. The SMILES string of the molecule is Cc1ccccc1N(CC(=O)N(CCc1ccccc1)[C@@H](C)C(=O)NC(C)C)S(=O)(=O)c1ccccc1. The van der Waals surface area contributed by atoms with Crippen LogP contribution >= 0.6 is 0 Å². The van der Waals surface area contributed by atoms with Gasteiger partial charge in [0.05, 0.1) is 10.6 Å². The highest BCUT2D eigenvalue weighted by atomic mass is 32.2. The zero-order chi connectivity index (χ0) is 27.0. The lowest BCUT2D eigenvalue weighted by Gasteiger charge is -2.32. The number of amides is 2. The number of rotatable bonds is 11. The van der Waals surface area contributed by atoms with Gasteiger partial charge in [-0.05, 0) is 63.4 Å². The summed E-state index contributed by atoms with van der Waals surface area (Å²) in [5.74, 6) is -0.741. The molecule has 0 aromatic heterocycles. The van der Waals surface area contributed by atoms with Gasteiger partial charge in [0.25, 0.3) is 10.0 Å². The Morgan fingerprint density at radius 3 is 2.00 bits per heavy atom. The number of anilines is 1. The molecule has 0 aliphatic carbocycles. The third-order valence-electron chi connectivity index (χ3n) is 6.08. The van der Waals surface area contributed by atoms with E-state index in [0.717, 1.165) is 15.4 Å². The van der Waals surface area contributed by atoms with Crippen molar-refractivity contribution >= 4 is 27.5 Å². The van der Waals surface area contributed by atoms with Crippen LogP contribution in [0.15, 0.2) is 89.8 Å². The average molecular weight is 522 g/mol. The highest BCUT2D eigenvalue weighted by Crippen LogP contribution is 2.27. The van der Waals surface area contributed by atoms with E-state index in [1.165, 1.54) is 17.0 Å². The highest BCUT2D eigenvalue weighted by Gasteiger charge is 2.32. The summed E-state index contributed by atoms with van der Waals surface area (Å²) in [6.07, 6.45) is 0.529. The summed E-state index contributed by atoms with van der Waals surface area (Å²) in [6.45, 7) is 7.02. The second kappa shape index (κ2) is 12.5. The van der Waals surface area contributed by atoms with Gasteiger partial charge in [0.2, 0.25) is 11.8 Å². The summed E-state index contributed by atoms with van der Waals surface area (Å²) in [5, 5.41) is 2.86. The van der Waals surface area contributed by atoms with Crippen molar-refractivity contribution < 1.29 is 18.0 Å². The molecular formula is C29H35N3O4S. The smallest absolute Gasteiger partial charge is 0.264 e. The Bertz CT molecular complexity index is 1290. The number of hydrogen-bond donors (Lipinski definition) is 1. The van der Waals surface area contributed by atoms with Crippen LogP contribution in [-0.2, 0) is 26.0 Å². The maximum atomic E-state index is 13.8. The van der Waals surface area contributed by atoms with Crippen molar-refractivity contribution in [1.82, 2.24) is 10.2 Å². The Kier molecular flexibility index (Phi) is 9.47. The molecule has 3 aromatic rings. The lowest BCUT2D eigenvalue weighted by atomic mass is 10.1. The summed E-state index contributed by atoms with van der Waals surface area (Å²) < 4.78 is 28.6. The standard InChI is InChI=1S/C29H35N3O4S/c1-22(2)30-29(34)24(4)31(20-19-25-14-7-5-8-15-25)28(33)21-32(27-18-12-11-13-23(27)3)37(35,36)26-16-9-6-10-17-26/h5-18,22,24H,19-21H2,1-4H3,(H,30,34)/t24-/m0/s1. The molecule has 0 saturated heterocycles. The van der Waals surface area contributed by atoms with Gasteiger partial charge < -0.3 is 10.2 Å². The molecule has 3 aromatic carbocycles. The van der Waals surface area contributed by atoms with Crippen molar-refractivity contribution in [1.29, 1.82) is 0 Å². The molecule has 2 amide bonds. The van der Waals surface area contributed by atoms with E-state index in [-0.39, 0.29) is 23.4 Å². The summed E-state index contributed by atoms with van der Waals surface area (Å²) in [4.78, 5) is 28.3. The second-order valence-electron chi connectivity index (χ2n) is 9.27. The number of aryl methyl sites for hydroxylation is 1. The molecular weight excluding hydrogens is 486 g/mol. The monoisotopic (exact) mass is 521 g/mol. The fraction of sp³-hybridized carbons (Fsp3) is 0.310. The first kappa shape index (κ1) is 27.9. The fourth-order valence-corrected chi connectivity index (χ4v) is 5.55. The van der Waals surface area contributed by atoms with Crippen LogP contribution < -0.4 is 9.62 Å². The molecule has 0 spiro atoms. The Labute approximate surface area is 220 Å². The van der Waals surface area contributed by atoms with Crippen LogP contribution in [0.2, 0.25) is 0 Å². The van der Waals surface area contributed by atoms with E-state index < -0.39 is 28.5 Å². The highest BCUT2D eigenvalue weighted by molar-refractivity contribution is 7.92. The minimum atomic E-state index is -4.05. The van der Waals surface area contributed by atoms with Crippen LogP contribution in [0.1, 0.15) is 31.9 Å². The molecule has 0 bridgehead atoms. The van der Waals surface area contributed by atoms with Gasteiger partial charge >= 0.3 is 0 Å². The molecule has 0 radical (unpaired) electrons. The molecule has 0 saturated carbocycles. The maximum Gasteiger partial charge on any atom is 0.264 e. The predicted molar refractivity (Wildman–Crippen MR) is 147 cm³/mol. The molecule has 1 N–H and O–H groups in total. The number of para-hydroxylation sites is 1. The molecule has 0 heterocycles. The average Bonchev–Trinajstić information content (AvgIpc) is 2.88. The van der Waals surface area contributed by atoms with Crippen molar-refractivity contribution in [3.05, 3.63) is 96.1 Å². The Morgan fingerprint density at radius 1 is 0.838 bits per heavy atom. The van der Waals surface area contributed by atoms with Crippen LogP contribution in [0, 0.1) is 6.92 Å². The van der Waals surface area contributed by atoms with Crippen molar-refractivity contribution in [2.75, 3.05) is 17.4 Å². The minimum absolute atomic E-state index is 0.0903. The number of carbonyl (C=O) groups excluding carboxylic acids is 2. The van der Waals surface area contributed by atoms with Crippen LogP contribution in [0.3, 0.4) is 0 Å². The van der Waals surface area contributed by atoms with Gasteiger partial charge in [0, 0.05) is 12.6 Å². The van der Waals surface area contributed by atoms with E-state index >= 15 is 0 Å². The molecule has 37 heavy (non-hydrogen) atoms. The third kappa shape index (κ3) is 7.20. The van der Waals surface area contributed by atoms with Crippen LogP contribution in [0.4, 0.5) is 5.69 Å². The number of nitrogens with one attached hydrogen (secondary N) is 1. The first-order valence-electron chi connectivity index (χ1n) is 12.4. The van der Waals surface area contributed by atoms with E-state index in [0.29, 0.717) is 12.1 Å². The van der Waals surface area contributed by atoms with E-state index in [9.17, 15) is 18.0 Å². The number of nitrogens with zero attached hydrogens (tertiary/aromatic N) is 2. The molecule has 0 aliphatic rings. The number of benzene rings is 3. The summed E-state index contributed by atoms with van der Waals surface area (Å²) in [7, 11) is -4.05. The zero-order valence-corrected chi connectivity index (χ0v) is 22.6. The van der Waals surface area contributed by atoms with Gasteiger partial charge in [-0.3, -0.25) is 13.9 Å². The lowest BCUT2D eigenvalue weighted by molar-refractivity contribution is -0.139. The first-order chi connectivity index (χ1) is 17.6. The molecule has 0 fully saturated rings. The van der Waals surface area contributed by atoms with Gasteiger partial charge in [-0.15, -0.1) is 0 Å². The van der Waals surface area contributed by atoms with Crippen molar-refractivity contribution in [2.24, 2.45) is 0 Å². The van der Waals surface area contributed by atoms with E-state index in [4.69, 9.17) is 0 Å². The summed E-state index contributed by atoms with van der Waals surface area (Å²) in [6, 6.07) is 23.9. The maximum absolute atomic E-state index is 13.8. The topological polar surface area (TPSA) is 86.8 Å². The molecule has 0 aliphatic heterocycles. The number of sulfonamides is 1.